The summed E-state index contributed by atoms with van der Waals surface area (Å²) in [6, 6.07) is 9.38. The van der Waals surface area contributed by atoms with Gasteiger partial charge in [-0.15, -0.1) is 0 Å². The zero-order valence-electron chi connectivity index (χ0n) is 16.5. The minimum atomic E-state index is -0.589. The molecule has 1 aromatic rings. The summed E-state index contributed by atoms with van der Waals surface area (Å²) in [7, 11) is 1.31. The lowest BCUT2D eigenvalue weighted by Crippen LogP contribution is -3.20. The molecule has 2 fully saturated rings. The normalized spacial score (nSPS) is 23.0. The van der Waals surface area contributed by atoms with Gasteiger partial charge in [0, 0.05) is 11.7 Å². The zero-order valence-corrected chi connectivity index (χ0v) is 16.5. The number of rotatable bonds is 6. The van der Waals surface area contributed by atoms with Crippen LogP contribution < -0.4 is 15.1 Å². The second-order valence-electron chi connectivity index (χ2n) is 7.60. The van der Waals surface area contributed by atoms with Crippen molar-refractivity contribution in [3.8, 4) is 0 Å². The minimum absolute atomic E-state index is 0.0117. The number of anilines is 1. The maximum atomic E-state index is 13.4. The molecule has 0 spiro atoms. The Hall–Kier alpha value is -2.41. The monoisotopic (exact) mass is 388 g/mol. The lowest BCUT2D eigenvalue weighted by atomic mass is 9.93. The summed E-state index contributed by atoms with van der Waals surface area (Å²) in [5, 5.41) is 2.80. The molecule has 0 aromatic heterocycles. The van der Waals surface area contributed by atoms with Gasteiger partial charge in [-0.25, -0.2) is 0 Å². The number of para-hydroxylation sites is 1. The molecule has 7 nitrogen and oxygen atoms in total. The Balaban J connectivity index is 1.77. The van der Waals surface area contributed by atoms with Crippen LogP contribution in [0.25, 0.3) is 0 Å². The number of hydrogen-bond donors (Lipinski definition) is 2. The van der Waals surface area contributed by atoms with Crippen LogP contribution in [0.4, 0.5) is 5.69 Å². The highest BCUT2D eigenvalue weighted by molar-refractivity contribution is 5.95. The summed E-state index contributed by atoms with van der Waals surface area (Å²) in [5.41, 5.74) is 0.907. The first-order valence-electron chi connectivity index (χ1n) is 10.2. The fraction of sp³-hybridized carbons (Fsp3) is 0.571. The zero-order chi connectivity index (χ0) is 19.9. The third kappa shape index (κ3) is 4.90. The van der Waals surface area contributed by atoms with Crippen molar-refractivity contribution in [1.29, 1.82) is 0 Å². The number of amides is 2. The van der Waals surface area contributed by atoms with Crippen molar-refractivity contribution in [3.63, 3.8) is 0 Å². The Labute approximate surface area is 166 Å². The van der Waals surface area contributed by atoms with E-state index < -0.39 is 12.0 Å². The SMILES string of the molecule is COC(=O)C[C@@H]1C(=O)NCC[NH+]1CC(=O)N(c1ccccc1)C1CCCCC1. The van der Waals surface area contributed by atoms with Crippen molar-refractivity contribution in [2.24, 2.45) is 0 Å². The first-order valence-corrected chi connectivity index (χ1v) is 10.2. The van der Waals surface area contributed by atoms with Gasteiger partial charge in [0.1, 0.15) is 6.42 Å². The third-order valence-corrected chi connectivity index (χ3v) is 5.77. The number of nitrogens with one attached hydrogen (secondary N) is 2. The molecular formula is C21H30N3O4+. The first kappa shape index (κ1) is 20.3. The molecule has 3 rings (SSSR count). The van der Waals surface area contributed by atoms with Crippen LogP contribution in [0.15, 0.2) is 30.3 Å². The fourth-order valence-electron chi connectivity index (χ4n) is 4.29. The number of carbonyl (C=O) groups excluding carboxylic acids is 3. The lowest BCUT2D eigenvalue weighted by Gasteiger charge is -2.37. The van der Waals surface area contributed by atoms with Crippen molar-refractivity contribution in [1.82, 2.24) is 5.32 Å². The van der Waals surface area contributed by atoms with Gasteiger partial charge in [-0.2, -0.15) is 0 Å². The van der Waals surface area contributed by atoms with Gasteiger partial charge in [-0.3, -0.25) is 14.4 Å². The van der Waals surface area contributed by atoms with E-state index in [0.29, 0.717) is 13.1 Å². The topological polar surface area (TPSA) is 80.1 Å². The van der Waals surface area contributed by atoms with E-state index in [1.54, 1.807) is 0 Å². The second kappa shape index (κ2) is 9.68. The van der Waals surface area contributed by atoms with Crippen molar-refractivity contribution in [2.75, 3.05) is 31.6 Å². The maximum absolute atomic E-state index is 13.4. The van der Waals surface area contributed by atoms with Crippen molar-refractivity contribution >= 4 is 23.5 Å². The van der Waals surface area contributed by atoms with E-state index in [4.69, 9.17) is 4.74 Å². The number of hydrogen-bond acceptors (Lipinski definition) is 4. The molecule has 2 aliphatic rings. The summed E-state index contributed by atoms with van der Waals surface area (Å²) in [6.45, 7) is 1.32. The van der Waals surface area contributed by atoms with Crippen LogP contribution in [0.3, 0.4) is 0 Å². The van der Waals surface area contributed by atoms with Gasteiger partial charge in [0.05, 0.1) is 20.2 Å². The molecule has 152 valence electrons. The number of nitrogens with zero attached hydrogens (tertiary/aromatic N) is 1. The minimum Gasteiger partial charge on any atom is -0.469 e. The molecule has 2 N–H and O–H groups in total. The van der Waals surface area contributed by atoms with Crippen LogP contribution in [-0.2, 0) is 19.1 Å². The number of piperazine rings is 1. The van der Waals surface area contributed by atoms with E-state index in [0.717, 1.165) is 36.3 Å². The van der Waals surface area contributed by atoms with E-state index in [9.17, 15) is 14.4 Å². The first-order chi connectivity index (χ1) is 13.6. The number of ether oxygens (including phenoxy) is 1. The van der Waals surface area contributed by atoms with E-state index in [1.807, 2.05) is 35.2 Å². The van der Waals surface area contributed by atoms with Gasteiger partial charge in [-0.1, -0.05) is 37.5 Å². The number of carbonyl (C=O) groups is 3. The molecule has 1 aliphatic heterocycles. The van der Waals surface area contributed by atoms with Crippen LogP contribution >= 0.6 is 0 Å². The highest BCUT2D eigenvalue weighted by Gasteiger charge is 2.38. The lowest BCUT2D eigenvalue weighted by molar-refractivity contribution is -0.909. The van der Waals surface area contributed by atoms with Gasteiger partial charge >= 0.3 is 5.97 Å². The van der Waals surface area contributed by atoms with Gasteiger partial charge in [0.2, 0.25) is 0 Å². The summed E-state index contributed by atoms with van der Waals surface area (Å²) < 4.78 is 4.74. The number of methoxy groups -OCH3 is 1. The van der Waals surface area contributed by atoms with Gasteiger partial charge in [0.25, 0.3) is 11.8 Å². The molecule has 28 heavy (non-hydrogen) atoms. The summed E-state index contributed by atoms with van der Waals surface area (Å²) >= 11 is 0. The molecule has 0 radical (unpaired) electrons. The fourth-order valence-corrected chi connectivity index (χ4v) is 4.29. The molecule has 1 aliphatic carbocycles. The molecule has 7 heteroatoms. The Morgan fingerprint density at radius 3 is 2.57 bits per heavy atom. The summed E-state index contributed by atoms with van der Waals surface area (Å²) in [6.07, 6.45) is 5.46. The van der Waals surface area contributed by atoms with Gasteiger partial charge < -0.3 is 19.9 Å². The molecule has 2 amide bonds. The average Bonchev–Trinajstić information content (AvgIpc) is 2.72. The van der Waals surface area contributed by atoms with Gasteiger partial charge in [-0.05, 0) is 25.0 Å². The molecular weight excluding hydrogens is 358 g/mol. The van der Waals surface area contributed by atoms with Crippen molar-refractivity contribution in [3.05, 3.63) is 30.3 Å². The Morgan fingerprint density at radius 2 is 1.89 bits per heavy atom. The molecule has 1 aromatic carbocycles. The highest BCUT2D eigenvalue weighted by atomic mass is 16.5. The molecule has 1 saturated heterocycles. The predicted octanol–water partition coefficient (Wildman–Crippen LogP) is 0.299. The third-order valence-electron chi connectivity index (χ3n) is 5.77. The van der Waals surface area contributed by atoms with E-state index in [1.165, 1.54) is 13.5 Å². The molecule has 2 atom stereocenters. The van der Waals surface area contributed by atoms with Crippen LogP contribution in [-0.4, -0.2) is 56.6 Å². The van der Waals surface area contributed by atoms with Crippen molar-refractivity contribution < 1.29 is 24.0 Å². The Morgan fingerprint density at radius 1 is 1.18 bits per heavy atom. The standard InChI is InChI=1S/C21H29N3O4/c1-28-20(26)14-18-21(27)22-12-13-23(18)15-19(25)24(16-8-4-2-5-9-16)17-10-6-3-7-11-17/h2,4-5,8-9,17-18H,3,6-7,10-15H2,1H3,(H,22,27)/p+1/t18-/m1/s1. The van der Waals surface area contributed by atoms with Gasteiger partial charge in [0.15, 0.2) is 12.6 Å². The quantitative estimate of drug-likeness (QED) is 0.687. The summed E-state index contributed by atoms with van der Waals surface area (Å²) in [4.78, 5) is 40.2. The molecule has 0 bridgehead atoms. The Kier molecular flexibility index (Phi) is 7.03. The van der Waals surface area contributed by atoms with E-state index >= 15 is 0 Å². The van der Waals surface area contributed by atoms with Crippen molar-refractivity contribution in [2.45, 2.75) is 50.6 Å². The van der Waals surface area contributed by atoms with E-state index in [2.05, 4.69) is 5.32 Å². The largest absolute Gasteiger partial charge is 0.469 e. The van der Waals surface area contributed by atoms with Crippen LogP contribution in [0.1, 0.15) is 38.5 Å². The number of benzene rings is 1. The van der Waals surface area contributed by atoms with Crippen LogP contribution in [0, 0.1) is 0 Å². The maximum Gasteiger partial charge on any atom is 0.312 e. The predicted molar refractivity (Wildman–Crippen MR) is 105 cm³/mol. The highest BCUT2D eigenvalue weighted by Crippen LogP contribution is 2.27. The second-order valence-corrected chi connectivity index (χ2v) is 7.60. The molecule has 1 unspecified atom stereocenters. The molecule has 1 heterocycles. The van der Waals surface area contributed by atoms with E-state index in [-0.39, 0.29) is 30.8 Å². The smallest absolute Gasteiger partial charge is 0.312 e. The molecule has 1 saturated carbocycles. The summed E-state index contributed by atoms with van der Waals surface area (Å²) in [5.74, 6) is -0.611. The van der Waals surface area contributed by atoms with Crippen LogP contribution in [0.5, 0.6) is 0 Å². The Bertz CT molecular complexity index is 688. The number of esters is 1. The van der Waals surface area contributed by atoms with Crippen LogP contribution in [0.2, 0.25) is 0 Å². The number of quaternary nitrogens is 1. The average molecular weight is 388 g/mol.